The van der Waals surface area contributed by atoms with Crippen molar-refractivity contribution in [2.45, 2.75) is 67.6 Å². The summed E-state index contributed by atoms with van der Waals surface area (Å²) in [6, 6.07) is 6.60. The molecule has 1 atom stereocenters. The van der Waals surface area contributed by atoms with E-state index in [0.717, 1.165) is 32.1 Å². The highest BCUT2D eigenvalue weighted by Gasteiger charge is 2.32. The Labute approximate surface area is 198 Å². The smallest absolute Gasteiger partial charge is 0.257 e. The zero-order valence-electron chi connectivity index (χ0n) is 18.7. The molecule has 178 valence electrons. The van der Waals surface area contributed by atoms with Crippen LogP contribution in [0.25, 0.3) is 5.57 Å². The molecule has 0 radical (unpaired) electrons. The molecule has 2 aromatic rings. The van der Waals surface area contributed by atoms with E-state index in [1.807, 2.05) is 6.08 Å². The summed E-state index contributed by atoms with van der Waals surface area (Å²) < 4.78 is 25.4. The number of carbonyl (C=O) groups is 1. The number of nitrogens with one attached hydrogen (secondary N) is 1. The summed E-state index contributed by atoms with van der Waals surface area (Å²) in [6.45, 7) is 0.978. The summed E-state index contributed by atoms with van der Waals surface area (Å²) >= 11 is 1.17. The molecule has 0 aliphatic heterocycles. The van der Waals surface area contributed by atoms with Gasteiger partial charge in [-0.2, -0.15) is 0 Å². The maximum absolute atomic E-state index is 13.2. The second-order valence-corrected chi connectivity index (χ2v) is 12.3. The Balaban J connectivity index is 1.58. The van der Waals surface area contributed by atoms with Crippen LogP contribution in [-0.4, -0.2) is 41.4 Å². The molecule has 1 aromatic heterocycles. The molecule has 1 amide bonds. The third kappa shape index (κ3) is 5.21. The van der Waals surface area contributed by atoms with Crippen molar-refractivity contribution in [2.24, 2.45) is 5.92 Å². The van der Waals surface area contributed by atoms with Crippen molar-refractivity contribution in [3.05, 3.63) is 47.0 Å². The van der Waals surface area contributed by atoms with Gasteiger partial charge in [0.2, 0.25) is 0 Å². The highest BCUT2D eigenvalue weighted by Crippen LogP contribution is 2.33. The number of aliphatic hydroxyl groups is 2. The molecule has 0 saturated heterocycles. The van der Waals surface area contributed by atoms with E-state index in [2.05, 4.69) is 10.3 Å². The molecule has 2 aliphatic rings. The van der Waals surface area contributed by atoms with Crippen LogP contribution < -0.4 is 5.32 Å². The van der Waals surface area contributed by atoms with E-state index in [4.69, 9.17) is 0 Å². The molecular formula is C24H30N2O5S2. The molecule has 2 fully saturated rings. The summed E-state index contributed by atoms with van der Waals surface area (Å²) in [4.78, 5) is 17.8. The van der Waals surface area contributed by atoms with Crippen LogP contribution in [0.2, 0.25) is 0 Å². The molecule has 1 heterocycles. The van der Waals surface area contributed by atoms with Crippen LogP contribution in [0.1, 0.15) is 63.1 Å². The van der Waals surface area contributed by atoms with Crippen LogP contribution in [0.4, 0.5) is 5.13 Å². The van der Waals surface area contributed by atoms with Crippen LogP contribution in [0.15, 0.2) is 40.6 Å². The molecule has 9 heteroatoms. The molecule has 0 bridgehead atoms. The number of hydrogen-bond acceptors (Lipinski definition) is 7. The predicted molar refractivity (Wildman–Crippen MR) is 129 cm³/mol. The highest BCUT2D eigenvalue weighted by atomic mass is 32.2. The van der Waals surface area contributed by atoms with Crippen molar-refractivity contribution in [1.82, 2.24) is 4.98 Å². The number of anilines is 1. The van der Waals surface area contributed by atoms with E-state index in [1.54, 1.807) is 29.6 Å². The molecule has 4 rings (SSSR count). The Morgan fingerprint density at radius 3 is 2.42 bits per heavy atom. The van der Waals surface area contributed by atoms with Gasteiger partial charge in [0, 0.05) is 11.0 Å². The lowest BCUT2D eigenvalue weighted by molar-refractivity contribution is -0.111. The Hall–Kier alpha value is -2.07. The third-order valence-electron chi connectivity index (χ3n) is 6.62. The summed E-state index contributed by atoms with van der Waals surface area (Å²) in [7, 11) is -3.32. The standard InChI is InChI=1S/C24H30N2O5S2/c1-24(29,15-27)21-14-32-23(25-21)26-22(28)20(13-16-5-2-3-6-16)17-9-11-19(12-10-17)33(30,31)18-7-4-8-18/h9-14,16,18,27,29H,2-8,15H2,1H3,(H,25,26,28). The van der Waals surface area contributed by atoms with E-state index >= 15 is 0 Å². The van der Waals surface area contributed by atoms with Crippen molar-refractivity contribution >= 4 is 37.8 Å². The second kappa shape index (κ2) is 9.66. The fraction of sp³-hybridized carbons (Fsp3) is 0.500. The van der Waals surface area contributed by atoms with Crippen LogP contribution in [0.5, 0.6) is 0 Å². The summed E-state index contributed by atoms with van der Waals surface area (Å²) in [5.74, 6) is -0.0350. The maximum atomic E-state index is 13.2. The first-order valence-corrected chi connectivity index (χ1v) is 13.8. The predicted octanol–water partition coefficient (Wildman–Crippen LogP) is 3.88. The van der Waals surface area contributed by atoms with Gasteiger partial charge in [0.1, 0.15) is 5.60 Å². The number of carbonyl (C=O) groups excluding carboxylic acids is 1. The van der Waals surface area contributed by atoms with E-state index in [1.165, 1.54) is 18.3 Å². The average Bonchev–Trinajstić information content (AvgIpc) is 3.43. The number of amides is 1. The number of hydrogen-bond donors (Lipinski definition) is 3. The summed E-state index contributed by atoms with van der Waals surface area (Å²) in [5.41, 5.74) is -0.0487. The quantitative estimate of drug-likeness (QED) is 0.484. The number of rotatable bonds is 8. The van der Waals surface area contributed by atoms with Gasteiger partial charge in [0.15, 0.2) is 15.0 Å². The van der Waals surface area contributed by atoms with Gasteiger partial charge < -0.3 is 10.2 Å². The van der Waals surface area contributed by atoms with Gasteiger partial charge in [-0.1, -0.05) is 37.5 Å². The normalized spacial score (nSPS) is 19.8. The van der Waals surface area contributed by atoms with Crippen LogP contribution >= 0.6 is 11.3 Å². The van der Waals surface area contributed by atoms with Crippen LogP contribution in [0.3, 0.4) is 0 Å². The second-order valence-electron chi connectivity index (χ2n) is 9.17. The minimum Gasteiger partial charge on any atom is -0.393 e. The van der Waals surface area contributed by atoms with E-state index in [9.17, 15) is 23.4 Å². The van der Waals surface area contributed by atoms with E-state index < -0.39 is 22.0 Å². The lowest BCUT2D eigenvalue weighted by Crippen LogP contribution is -2.28. The number of sulfone groups is 1. The van der Waals surface area contributed by atoms with Gasteiger partial charge in [0.25, 0.3) is 5.91 Å². The topological polar surface area (TPSA) is 117 Å². The number of allylic oxidation sites excluding steroid dienone is 1. The molecule has 2 aliphatic carbocycles. The van der Waals surface area contributed by atoms with Crippen molar-refractivity contribution in [1.29, 1.82) is 0 Å². The fourth-order valence-electron chi connectivity index (χ4n) is 4.18. The number of aliphatic hydroxyl groups excluding tert-OH is 1. The number of thiazole rings is 1. The van der Waals surface area contributed by atoms with Gasteiger partial charge in [-0.05, 0) is 56.2 Å². The van der Waals surface area contributed by atoms with Gasteiger partial charge in [-0.25, -0.2) is 13.4 Å². The SMILES string of the molecule is CC(O)(CO)c1csc(NC(=O)C(=CC2CCCC2)c2ccc(S(=O)(=O)C3CCC3)cc2)n1. The first-order valence-electron chi connectivity index (χ1n) is 11.4. The first-order chi connectivity index (χ1) is 15.7. The minimum absolute atomic E-state index is 0.289. The molecule has 0 spiro atoms. The number of nitrogens with zero attached hydrogens (tertiary/aromatic N) is 1. The average molecular weight is 491 g/mol. The van der Waals surface area contributed by atoms with Crippen molar-refractivity contribution in [2.75, 3.05) is 11.9 Å². The van der Waals surface area contributed by atoms with Crippen LogP contribution in [0, 0.1) is 5.92 Å². The lowest BCUT2D eigenvalue weighted by Gasteiger charge is -2.25. The Morgan fingerprint density at radius 2 is 1.85 bits per heavy atom. The minimum atomic E-state index is -3.32. The van der Waals surface area contributed by atoms with Gasteiger partial charge in [-0.3, -0.25) is 10.1 Å². The lowest BCUT2D eigenvalue weighted by atomic mass is 9.98. The monoisotopic (exact) mass is 490 g/mol. The van der Waals surface area contributed by atoms with Crippen molar-refractivity contribution in [3.63, 3.8) is 0 Å². The van der Waals surface area contributed by atoms with Gasteiger partial charge >= 0.3 is 0 Å². The zero-order valence-corrected chi connectivity index (χ0v) is 20.3. The Morgan fingerprint density at radius 1 is 1.18 bits per heavy atom. The van der Waals surface area contributed by atoms with Crippen molar-refractivity contribution < 1.29 is 23.4 Å². The maximum Gasteiger partial charge on any atom is 0.257 e. The van der Waals surface area contributed by atoms with E-state index in [0.29, 0.717) is 39.9 Å². The summed E-state index contributed by atoms with van der Waals surface area (Å²) in [5, 5.41) is 24.0. The highest BCUT2D eigenvalue weighted by molar-refractivity contribution is 7.92. The molecular weight excluding hydrogens is 460 g/mol. The summed E-state index contributed by atoms with van der Waals surface area (Å²) in [6.07, 6.45) is 8.63. The Kier molecular flexibility index (Phi) is 7.04. The zero-order chi connectivity index (χ0) is 23.6. The third-order valence-corrected chi connectivity index (χ3v) is 9.65. The molecule has 1 unspecified atom stereocenters. The number of benzene rings is 1. The molecule has 2 saturated carbocycles. The molecule has 33 heavy (non-hydrogen) atoms. The number of aromatic nitrogens is 1. The fourth-order valence-corrected chi connectivity index (χ4v) is 6.87. The van der Waals surface area contributed by atoms with Gasteiger partial charge in [0.05, 0.1) is 22.4 Å². The van der Waals surface area contributed by atoms with E-state index in [-0.39, 0.29) is 16.9 Å². The van der Waals surface area contributed by atoms with Crippen LogP contribution in [-0.2, 0) is 20.2 Å². The van der Waals surface area contributed by atoms with Gasteiger partial charge in [-0.15, -0.1) is 11.3 Å². The molecule has 1 aromatic carbocycles. The van der Waals surface area contributed by atoms with Crippen molar-refractivity contribution in [3.8, 4) is 0 Å². The molecule has 3 N–H and O–H groups in total. The Bertz CT molecular complexity index is 1130. The first kappa shape index (κ1) is 24.1. The largest absolute Gasteiger partial charge is 0.393 e. The molecule has 7 nitrogen and oxygen atoms in total.